The summed E-state index contributed by atoms with van der Waals surface area (Å²) in [5, 5.41) is 23.7. The van der Waals surface area contributed by atoms with Crippen molar-refractivity contribution in [2.75, 3.05) is 19.0 Å². The van der Waals surface area contributed by atoms with Crippen LogP contribution < -0.4 is 15.4 Å². The standard InChI is InChI=1S/C27H26ClFN8O4/c1-14(25(39)31-22(13-38)17-6-18(29)9-19(7-17)41-3)37-11-16-5-4-15(8-20(16)26(37)40)24-21(28)10-30-27(33-24)32-23-12-36(2)35-34-23/h4-10,12,14,22,38H,11,13H2,1-3H3,(H,31,39)(H,30,32,33). The second-order valence-electron chi connectivity index (χ2n) is 9.44. The number of ether oxygens (including phenoxy) is 1. The molecule has 5 rings (SSSR count). The number of fused-ring (bicyclic) bond motifs is 1. The third-order valence-corrected chi connectivity index (χ3v) is 6.96. The number of amides is 2. The number of nitrogens with one attached hydrogen (secondary N) is 2. The first-order valence-corrected chi connectivity index (χ1v) is 12.9. The van der Waals surface area contributed by atoms with Crippen LogP contribution in [0, 0.1) is 5.82 Å². The number of methoxy groups -OCH3 is 1. The molecular formula is C27H26ClFN8O4. The molecular weight excluding hydrogens is 555 g/mol. The van der Waals surface area contributed by atoms with E-state index in [0.29, 0.717) is 28.2 Å². The zero-order valence-corrected chi connectivity index (χ0v) is 23.1. The van der Waals surface area contributed by atoms with Crippen LogP contribution in [0.1, 0.15) is 34.5 Å². The van der Waals surface area contributed by atoms with Crippen molar-refractivity contribution in [3.05, 3.63) is 76.3 Å². The Kier molecular flexibility index (Phi) is 7.81. The molecule has 2 aromatic heterocycles. The lowest BCUT2D eigenvalue weighted by molar-refractivity contribution is -0.126. The highest BCUT2D eigenvalue weighted by molar-refractivity contribution is 6.33. The summed E-state index contributed by atoms with van der Waals surface area (Å²) in [7, 11) is 3.12. The van der Waals surface area contributed by atoms with Crippen molar-refractivity contribution < 1.29 is 23.8 Å². The molecule has 212 valence electrons. The first-order valence-electron chi connectivity index (χ1n) is 12.5. The minimum absolute atomic E-state index is 0.206. The number of halogens is 2. The molecule has 12 nitrogen and oxygen atoms in total. The van der Waals surface area contributed by atoms with Crippen LogP contribution in [-0.2, 0) is 18.4 Å². The second-order valence-corrected chi connectivity index (χ2v) is 9.85. The Balaban J connectivity index is 1.33. The third kappa shape index (κ3) is 5.81. The highest BCUT2D eigenvalue weighted by Gasteiger charge is 2.35. The van der Waals surface area contributed by atoms with Crippen LogP contribution in [0.4, 0.5) is 16.2 Å². The molecule has 0 saturated heterocycles. The van der Waals surface area contributed by atoms with Gasteiger partial charge in [-0.15, -0.1) is 5.10 Å². The molecule has 4 aromatic rings. The Bertz CT molecular complexity index is 1630. The van der Waals surface area contributed by atoms with Gasteiger partial charge in [0.25, 0.3) is 5.91 Å². The first kappa shape index (κ1) is 27.9. The summed E-state index contributed by atoms with van der Waals surface area (Å²) in [6.45, 7) is 1.32. The molecule has 0 saturated carbocycles. The fourth-order valence-corrected chi connectivity index (χ4v) is 4.70. The molecule has 2 aromatic carbocycles. The third-order valence-electron chi connectivity index (χ3n) is 6.68. The Morgan fingerprint density at radius 2 is 2.07 bits per heavy atom. The molecule has 14 heteroatoms. The molecule has 3 N–H and O–H groups in total. The molecule has 1 aliphatic heterocycles. The van der Waals surface area contributed by atoms with Gasteiger partial charge in [0.05, 0.1) is 42.9 Å². The summed E-state index contributed by atoms with van der Waals surface area (Å²) < 4.78 is 20.6. The van der Waals surface area contributed by atoms with E-state index in [1.54, 1.807) is 38.4 Å². The number of aromatic nitrogens is 5. The lowest BCUT2D eigenvalue weighted by atomic mass is 10.0. The smallest absolute Gasteiger partial charge is 0.255 e. The summed E-state index contributed by atoms with van der Waals surface area (Å²) in [5.41, 5.74) is 2.47. The number of benzene rings is 2. The van der Waals surface area contributed by atoms with Gasteiger partial charge in [0.2, 0.25) is 11.9 Å². The highest BCUT2D eigenvalue weighted by atomic mass is 35.5. The molecule has 0 radical (unpaired) electrons. The molecule has 0 bridgehead atoms. The predicted octanol–water partition coefficient (Wildman–Crippen LogP) is 3.01. The summed E-state index contributed by atoms with van der Waals surface area (Å²) in [4.78, 5) is 36.6. The summed E-state index contributed by atoms with van der Waals surface area (Å²) >= 11 is 6.40. The van der Waals surface area contributed by atoms with E-state index in [-0.39, 0.29) is 29.2 Å². The molecule has 0 spiro atoms. The van der Waals surface area contributed by atoms with Crippen molar-refractivity contribution in [1.29, 1.82) is 0 Å². The van der Waals surface area contributed by atoms with E-state index >= 15 is 0 Å². The van der Waals surface area contributed by atoms with Crippen molar-refractivity contribution in [3.8, 4) is 17.0 Å². The highest BCUT2D eigenvalue weighted by Crippen LogP contribution is 2.32. The largest absolute Gasteiger partial charge is 0.497 e. The lowest BCUT2D eigenvalue weighted by Crippen LogP contribution is -2.46. The number of nitrogens with zero attached hydrogens (tertiary/aromatic N) is 6. The summed E-state index contributed by atoms with van der Waals surface area (Å²) in [5.74, 6) is -0.470. The maximum atomic E-state index is 14.0. The van der Waals surface area contributed by atoms with E-state index in [1.807, 2.05) is 0 Å². The van der Waals surface area contributed by atoms with Crippen molar-refractivity contribution in [1.82, 2.24) is 35.2 Å². The normalized spacial score (nSPS) is 14.0. The van der Waals surface area contributed by atoms with Crippen molar-refractivity contribution in [2.24, 2.45) is 7.05 Å². The fourth-order valence-electron chi connectivity index (χ4n) is 4.50. The van der Waals surface area contributed by atoms with Gasteiger partial charge in [-0.2, -0.15) is 0 Å². The Hall–Kier alpha value is -4.62. The van der Waals surface area contributed by atoms with E-state index in [2.05, 4.69) is 30.9 Å². The molecule has 2 atom stereocenters. The van der Waals surface area contributed by atoms with Crippen LogP contribution in [0.15, 0.2) is 48.8 Å². The molecule has 2 amide bonds. The van der Waals surface area contributed by atoms with Gasteiger partial charge < -0.3 is 25.4 Å². The van der Waals surface area contributed by atoms with E-state index in [4.69, 9.17) is 16.3 Å². The lowest BCUT2D eigenvalue weighted by Gasteiger charge is -2.26. The maximum absolute atomic E-state index is 14.0. The van der Waals surface area contributed by atoms with Crippen LogP contribution in [0.3, 0.4) is 0 Å². The SMILES string of the molecule is COc1cc(F)cc(C(CO)NC(=O)C(C)N2Cc3ccc(-c4nc(Nc5cn(C)nn5)ncc4Cl)cc3C2=O)c1. The number of carbonyl (C=O) groups excluding carboxylic acids is 2. The zero-order valence-electron chi connectivity index (χ0n) is 22.3. The number of carbonyl (C=O) groups is 2. The van der Waals surface area contributed by atoms with Crippen molar-refractivity contribution >= 4 is 35.2 Å². The molecule has 0 aliphatic carbocycles. The number of aliphatic hydroxyl groups is 1. The number of hydrogen-bond acceptors (Lipinski definition) is 9. The Morgan fingerprint density at radius 3 is 2.78 bits per heavy atom. The number of aliphatic hydroxyl groups excluding tert-OH is 1. The van der Waals surface area contributed by atoms with Gasteiger partial charge in [0, 0.05) is 30.8 Å². The number of rotatable bonds is 9. The minimum Gasteiger partial charge on any atom is -0.497 e. The quantitative estimate of drug-likeness (QED) is 0.272. The molecule has 0 fully saturated rings. The first-order chi connectivity index (χ1) is 19.7. The average Bonchev–Trinajstić information content (AvgIpc) is 3.53. The van der Waals surface area contributed by atoms with Crippen LogP contribution >= 0.6 is 11.6 Å². The van der Waals surface area contributed by atoms with Gasteiger partial charge >= 0.3 is 0 Å². The van der Waals surface area contributed by atoms with E-state index in [9.17, 15) is 19.1 Å². The Morgan fingerprint density at radius 1 is 1.27 bits per heavy atom. The molecule has 1 aliphatic rings. The number of aryl methyl sites for hydroxylation is 1. The minimum atomic E-state index is -0.897. The maximum Gasteiger partial charge on any atom is 0.255 e. The van der Waals surface area contributed by atoms with Crippen molar-refractivity contribution in [2.45, 2.75) is 25.6 Å². The zero-order chi connectivity index (χ0) is 29.3. The number of anilines is 2. The van der Waals surface area contributed by atoms with Gasteiger partial charge in [0.15, 0.2) is 5.82 Å². The second kappa shape index (κ2) is 11.5. The number of hydrogen-bond donors (Lipinski definition) is 3. The molecule has 41 heavy (non-hydrogen) atoms. The monoisotopic (exact) mass is 580 g/mol. The van der Waals surface area contributed by atoms with Crippen LogP contribution in [0.5, 0.6) is 5.75 Å². The average molecular weight is 581 g/mol. The summed E-state index contributed by atoms with van der Waals surface area (Å²) in [6.07, 6.45) is 3.11. The van der Waals surface area contributed by atoms with E-state index < -0.39 is 30.4 Å². The van der Waals surface area contributed by atoms with Gasteiger partial charge in [-0.05, 0) is 36.2 Å². The van der Waals surface area contributed by atoms with Gasteiger partial charge in [-0.3, -0.25) is 14.3 Å². The molecule has 3 heterocycles. The van der Waals surface area contributed by atoms with E-state index in [1.165, 1.54) is 41.1 Å². The van der Waals surface area contributed by atoms with Crippen LogP contribution in [0.25, 0.3) is 11.3 Å². The molecule has 2 unspecified atom stereocenters. The topological polar surface area (TPSA) is 147 Å². The summed E-state index contributed by atoms with van der Waals surface area (Å²) in [6, 6.07) is 7.41. The van der Waals surface area contributed by atoms with Crippen LogP contribution in [0.2, 0.25) is 5.02 Å². The van der Waals surface area contributed by atoms with Gasteiger partial charge in [0.1, 0.15) is 17.6 Å². The van der Waals surface area contributed by atoms with Gasteiger partial charge in [-0.25, -0.2) is 14.4 Å². The van der Waals surface area contributed by atoms with E-state index in [0.717, 1.165) is 5.56 Å². The van der Waals surface area contributed by atoms with Crippen LogP contribution in [-0.4, -0.2) is 66.5 Å². The Labute approximate surface area is 239 Å². The predicted molar refractivity (Wildman–Crippen MR) is 147 cm³/mol. The van der Waals surface area contributed by atoms with Crippen molar-refractivity contribution in [3.63, 3.8) is 0 Å². The van der Waals surface area contributed by atoms with Gasteiger partial charge in [-0.1, -0.05) is 28.9 Å². The fraction of sp³-hybridized carbons (Fsp3) is 0.259.